The Balaban J connectivity index is 2.65. The van der Waals surface area contributed by atoms with E-state index >= 15 is 0 Å². The maximum absolute atomic E-state index is 12.4. The Morgan fingerprint density at radius 3 is 2.42 bits per heavy atom. The zero-order valence-corrected chi connectivity index (χ0v) is 13.0. The molecule has 2 rings (SSSR count). The molecule has 3 nitrogen and oxygen atoms in total. The van der Waals surface area contributed by atoms with Gasteiger partial charge in [-0.1, -0.05) is 58.7 Å². The van der Waals surface area contributed by atoms with Crippen molar-refractivity contribution in [2.75, 3.05) is 0 Å². The lowest BCUT2D eigenvalue weighted by Crippen LogP contribution is -2.49. The van der Waals surface area contributed by atoms with Crippen molar-refractivity contribution < 1.29 is 8.42 Å². The summed E-state index contributed by atoms with van der Waals surface area (Å²) in [4.78, 5) is 0.445. The van der Waals surface area contributed by atoms with Crippen molar-refractivity contribution in [3.8, 4) is 0 Å². The van der Waals surface area contributed by atoms with Crippen molar-refractivity contribution >= 4 is 10.0 Å². The van der Waals surface area contributed by atoms with Gasteiger partial charge in [0.1, 0.15) is 0 Å². The predicted molar refractivity (Wildman–Crippen MR) is 77.4 cm³/mol. The van der Waals surface area contributed by atoms with Gasteiger partial charge in [-0.15, -0.1) is 0 Å². The highest BCUT2D eigenvalue weighted by atomic mass is 32.2. The van der Waals surface area contributed by atoms with Crippen molar-refractivity contribution in [1.82, 2.24) is 4.72 Å². The predicted octanol–water partition coefficient (Wildman–Crippen LogP) is 3.41. The Morgan fingerprint density at radius 1 is 1.21 bits per heavy atom. The molecule has 19 heavy (non-hydrogen) atoms. The summed E-state index contributed by atoms with van der Waals surface area (Å²) >= 11 is 0. The summed E-state index contributed by atoms with van der Waals surface area (Å²) in [6.45, 7) is 8.44. The van der Waals surface area contributed by atoms with E-state index in [0.717, 1.165) is 24.8 Å². The zero-order chi connectivity index (χ0) is 14.3. The van der Waals surface area contributed by atoms with Crippen LogP contribution in [0.5, 0.6) is 0 Å². The van der Waals surface area contributed by atoms with Crippen LogP contribution in [0.4, 0.5) is 0 Å². The Morgan fingerprint density at radius 2 is 1.84 bits per heavy atom. The molecule has 1 heterocycles. The van der Waals surface area contributed by atoms with E-state index in [0.29, 0.717) is 4.90 Å². The van der Waals surface area contributed by atoms with Crippen LogP contribution < -0.4 is 4.72 Å². The number of hydrogen-bond acceptors (Lipinski definition) is 2. The van der Waals surface area contributed by atoms with E-state index in [1.54, 1.807) is 12.1 Å². The molecule has 1 aliphatic rings. The fourth-order valence-corrected chi connectivity index (χ4v) is 4.83. The van der Waals surface area contributed by atoms with Crippen molar-refractivity contribution in [2.45, 2.75) is 57.4 Å². The molecule has 0 amide bonds. The summed E-state index contributed by atoms with van der Waals surface area (Å²) in [5.41, 5.74) is 0.274. The van der Waals surface area contributed by atoms with E-state index in [-0.39, 0.29) is 5.41 Å². The molecule has 4 heteroatoms. The topological polar surface area (TPSA) is 46.2 Å². The van der Waals surface area contributed by atoms with Crippen LogP contribution in [0, 0.1) is 5.41 Å². The minimum atomic E-state index is -3.38. The highest BCUT2D eigenvalue weighted by Crippen LogP contribution is 2.49. The molecule has 0 fully saturated rings. The van der Waals surface area contributed by atoms with Gasteiger partial charge in [0.15, 0.2) is 0 Å². The summed E-state index contributed by atoms with van der Waals surface area (Å²) in [7, 11) is -3.38. The normalized spacial score (nSPS) is 25.3. The van der Waals surface area contributed by atoms with Crippen LogP contribution in [-0.4, -0.2) is 8.42 Å². The number of fused-ring (bicyclic) bond motifs is 1. The van der Waals surface area contributed by atoms with Crippen molar-refractivity contribution in [3.05, 3.63) is 29.8 Å². The largest absolute Gasteiger partial charge is 0.241 e. The second-order valence-electron chi connectivity index (χ2n) is 6.36. The lowest BCUT2D eigenvalue weighted by Gasteiger charge is -2.42. The summed E-state index contributed by atoms with van der Waals surface area (Å²) in [5, 5.41) is 0. The monoisotopic (exact) mass is 281 g/mol. The van der Waals surface area contributed by atoms with Crippen molar-refractivity contribution in [3.63, 3.8) is 0 Å². The van der Waals surface area contributed by atoms with Gasteiger partial charge in [0.05, 0.1) is 10.4 Å². The first-order valence-electron chi connectivity index (χ1n) is 6.88. The first-order chi connectivity index (χ1) is 8.74. The quantitative estimate of drug-likeness (QED) is 0.923. The van der Waals surface area contributed by atoms with Gasteiger partial charge in [0.2, 0.25) is 10.0 Å². The fraction of sp³-hybridized carbons (Fsp3) is 0.600. The number of benzene rings is 1. The maximum Gasteiger partial charge on any atom is 0.241 e. The molecule has 1 atom stereocenters. The number of hydrogen-bond donors (Lipinski definition) is 1. The number of unbranched alkanes of at least 4 members (excludes halogenated alkanes) is 1. The average molecular weight is 281 g/mol. The third-order valence-electron chi connectivity index (χ3n) is 4.13. The van der Waals surface area contributed by atoms with E-state index in [1.807, 2.05) is 12.1 Å². The number of sulfonamides is 1. The van der Waals surface area contributed by atoms with Crippen molar-refractivity contribution in [2.24, 2.45) is 5.41 Å². The van der Waals surface area contributed by atoms with Crippen LogP contribution >= 0.6 is 0 Å². The SMILES string of the molecule is CCCC[C@@]1(C(C)(C)C)NS(=O)(=O)c2ccccc21. The molecular formula is C15H23NO2S. The second-order valence-corrected chi connectivity index (χ2v) is 8.01. The summed E-state index contributed by atoms with van der Waals surface area (Å²) in [6, 6.07) is 7.37. The van der Waals surface area contributed by atoms with Crippen LogP contribution in [0.25, 0.3) is 0 Å². The molecule has 1 aromatic rings. The molecule has 0 saturated carbocycles. The molecule has 0 bridgehead atoms. The smallest absolute Gasteiger partial charge is 0.207 e. The minimum absolute atomic E-state index is 0.165. The van der Waals surface area contributed by atoms with E-state index in [9.17, 15) is 8.42 Å². The molecule has 0 aromatic heterocycles. The van der Waals surface area contributed by atoms with E-state index in [2.05, 4.69) is 32.4 Å². The molecule has 0 aliphatic carbocycles. The fourth-order valence-electron chi connectivity index (χ4n) is 2.95. The Hall–Kier alpha value is -0.870. The first-order valence-corrected chi connectivity index (χ1v) is 8.36. The Bertz CT molecular complexity index is 572. The molecule has 106 valence electrons. The van der Waals surface area contributed by atoms with Gasteiger partial charge in [-0.25, -0.2) is 8.42 Å². The molecule has 1 aromatic carbocycles. The van der Waals surface area contributed by atoms with Crippen LogP contribution in [0.2, 0.25) is 0 Å². The van der Waals surface area contributed by atoms with Gasteiger partial charge in [-0.3, -0.25) is 0 Å². The van der Waals surface area contributed by atoms with Crippen LogP contribution in [0.3, 0.4) is 0 Å². The Labute approximate surface area is 116 Å². The van der Waals surface area contributed by atoms with Gasteiger partial charge in [-0.05, 0) is 23.5 Å². The average Bonchev–Trinajstić information content (AvgIpc) is 2.56. The summed E-state index contributed by atoms with van der Waals surface area (Å²) in [6.07, 6.45) is 2.90. The minimum Gasteiger partial charge on any atom is -0.207 e. The van der Waals surface area contributed by atoms with E-state index < -0.39 is 15.6 Å². The van der Waals surface area contributed by atoms with Crippen LogP contribution in [0.15, 0.2) is 29.2 Å². The molecule has 0 unspecified atom stereocenters. The Kier molecular flexibility index (Phi) is 3.52. The highest BCUT2D eigenvalue weighted by Gasteiger charge is 2.52. The van der Waals surface area contributed by atoms with Gasteiger partial charge >= 0.3 is 0 Å². The van der Waals surface area contributed by atoms with Crippen LogP contribution in [0.1, 0.15) is 52.5 Å². The maximum atomic E-state index is 12.4. The first kappa shape index (κ1) is 14.5. The molecule has 0 saturated heterocycles. The third-order valence-corrected chi connectivity index (χ3v) is 5.68. The lowest BCUT2D eigenvalue weighted by atomic mass is 9.67. The van der Waals surface area contributed by atoms with E-state index in [4.69, 9.17) is 0 Å². The molecule has 0 spiro atoms. The highest BCUT2D eigenvalue weighted by molar-refractivity contribution is 7.89. The molecule has 1 N–H and O–H groups in total. The molecular weight excluding hydrogens is 258 g/mol. The van der Waals surface area contributed by atoms with Crippen LogP contribution in [-0.2, 0) is 15.6 Å². The zero-order valence-electron chi connectivity index (χ0n) is 12.2. The number of nitrogens with one attached hydrogen (secondary N) is 1. The second kappa shape index (κ2) is 4.60. The lowest BCUT2D eigenvalue weighted by molar-refractivity contribution is 0.153. The summed E-state index contributed by atoms with van der Waals surface area (Å²) in [5.74, 6) is 0. The summed E-state index contributed by atoms with van der Waals surface area (Å²) < 4.78 is 27.7. The number of rotatable bonds is 3. The molecule has 0 radical (unpaired) electrons. The molecule has 1 aliphatic heterocycles. The standard InChI is InChI=1S/C15H23NO2S/c1-5-6-11-15(14(2,3)4)12-9-7-8-10-13(12)19(17,18)16-15/h7-10,16H,5-6,11H2,1-4H3/t15-/m1/s1. The van der Waals surface area contributed by atoms with Gasteiger partial charge in [0.25, 0.3) is 0 Å². The van der Waals surface area contributed by atoms with Gasteiger partial charge in [-0.2, -0.15) is 4.72 Å². The van der Waals surface area contributed by atoms with Crippen molar-refractivity contribution in [1.29, 1.82) is 0 Å². The van der Waals surface area contributed by atoms with Gasteiger partial charge in [0, 0.05) is 0 Å². The van der Waals surface area contributed by atoms with Gasteiger partial charge < -0.3 is 0 Å². The third kappa shape index (κ3) is 2.21. The van der Waals surface area contributed by atoms with E-state index in [1.165, 1.54) is 0 Å².